The van der Waals surface area contributed by atoms with E-state index in [2.05, 4.69) is 20.8 Å². The minimum absolute atomic E-state index is 0.0908. The monoisotopic (exact) mass is 286 g/mol. The Morgan fingerprint density at radius 3 is 2.67 bits per heavy atom. The predicted octanol–water partition coefficient (Wildman–Crippen LogP) is 5.08. The molecule has 2 rings (SSSR count). The molecule has 0 aliphatic heterocycles. The molecule has 3 atom stereocenters. The van der Waals surface area contributed by atoms with Crippen molar-refractivity contribution in [3.63, 3.8) is 0 Å². The van der Waals surface area contributed by atoms with Gasteiger partial charge in [-0.25, -0.2) is 0 Å². The lowest BCUT2D eigenvalue weighted by atomic mass is 9.65. The molecule has 1 fully saturated rings. The van der Waals surface area contributed by atoms with E-state index in [0.717, 1.165) is 35.6 Å². The Kier molecular flexibility index (Phi) is 4.13. The zero-order valence-electron chi connectivity index (χ0n) is 11.2. The van der Waals surface area contributed by atoms with Crippen LogP contribution in [0.4, 0.5) is 0 Å². The van der Waals surface area contributed by atoms with Crippen LogP contribution in [0.15, 0.2) is 18.2 Å². The van der Waals surface area contributed by atoms with E-state index in [1.165, 1.54) is 0 Å². The molecule has 0 saturated heterocycles. The second-order valence-corrected chi connectivity index (χ2v) is 6.21. The van der Waals surface area contributed by atoms with E-state index in [1.54, 1.807) is 0 Å². The molecule has 3 heteroatoms. The minimum atomic E-state index is 0.0908. The van der Waals surface area contributed by atoms with Gasteiger partial charge in [0.25, 0.3) is 0 Å². The number of alkyl halides is 1. The Balaban J connectivity index is 2.11. The van der Waals surface area contributed by atoms with Crippen LogP contribution in [0.5, 0.6) is 5.75 Å². The van der Waals surface area contributed by atoms with Gasteiger partial charge in [-0.1, -0.05) is 32.4 Å². The Morgan fingerprint density at radius 1 is 1.39 bits per heavy atom. The van der Waals surface area contributed by atoms with Gasteiger partial charge in [0.15, 0.2) is 0 Å². The number of benzene rings is 1. The Labute approximate surface area is 119 Å². The van der Waals surface area contributed by atoms with Gasteiger partial charge in [0.1, 0.15) is 11.9 Å². The zero-order chi connectivity index (χ0) is 13.3. The van der Waals surface area contributed by atoms with Crippen LogP contribution in [-0.4, -0.2) is 11.5 Å². The van der Waals surface area contributed by atoms with Gasteiger partial charge < -0.3 is 4.74 Å². The van der Waals surface area contributed by atoms with Gasteiger partial charge in [0.05, 0.1) is 0 Å². The molecule has 18 heavy (non-hydrogen) atoms. The molecule has 1 aromatic carbocycles. The first-order valence-electron chi connectivity index (χ1n) is 6.60. The third kappa shape index (κ3) is 2.35. The molecule has 0 N–H and O–H groups in total. The summed E-state index contributed by atoms with van der Waals surface area (Å²) in [4.78, 5) is 0. The Hall–Kier alpha value is -0.400. The molecule has 0 amide bonds. The van der Waals surface area contributed by atoms with Crippen LogP contribution in [0, 0.1) is 5.41 Å². The van der Waals surface area contributed by atoms with Crippen molar-refractivity contribution in [3.8, 4) is 5.75 Å². The number of hydrogen-bond acceptors (Lipinski definition) is 1. The van der Waals surface area contributed by atoms with E-state index >= 15 is 0 Å². The van der Waals surface area contributed by atoms with Crippen LogP contribution in [-0.2, 0) is 6.42 Å². The molecular weight excluding hydrogens is 267 g/mol. The molecule has 1 aliphatic carbocycles. The number of halogens is 2. The molecule has 100 valence electrons. The summed E-state index contributed by atoms with van der Waals surface area (Å²) in [6.07, 6.45) is 3.11. The lowest BCUT2D eigenvalue weighted by Crippen LogP contribution is -2.55. The average Bonchev–Trinajstić information content (AvgIpc) is 2.39. The highest BCUT2D eigenvalue weighted by atomic mass is 35.5. The largest absolute Gasteiger partial charge is 0.490 e. The van der Waals surface area contributed by atoms with Crippen LogP contribution in [0.3, 0.4) is 0 Å². The van der Waals surface area contributed by atoms with Gasteiger partial charge in [0.2, 0.25) is 0 Å². The van der Waals surface area contributed by atoms with Crippen molar-refractivity contribution < 1.29 is 4.74 Å². The topological polar surface area (TPSA) is 9.23 Å². The Bertz CT molecular complexity index is 433. The smallest absolute Gasteiger partial charge is 0.120 e. The van der Waals surface area contributed by atoms with Crippen LogP contribution in [0.1, 0.15) is 39.2 Å². The molecule has 1 aromatic rings. The highest BCUT2D eigenvalue weighted by molar-refractivity contribution is 6.31. The molecule has 3 unspecified atom stereocenters. The second-order valence-electron chi connectivity index (χ2n) is 5.28. The minimum Gasteiger partial charge on any atom is -0.490 e. The second kappa shape index (κ2) is 5.30. The van der Waals surface area contributed by atoms with Crippen molar-refractivity contribution in [2.75, 3.05) is 0 Å². The van der Waals surface area contributed by atoms with Crippen molar-refractivity contribution in [2.24, 2.45) is 5.41 Å². The number of ether oxygens (including phenoxy) is 1. The maximum atomic E-state index is 6.30. The first-order chi connectivity index (χ1) is 8.51. The van der Waals surface area contributed by atoms with Crippen LogP contribution in [0.25, 0.3) is 0 Å². The van der Waals surface area contributed by atoms with E-state index in [-0.39, 0.29) is 16.9 Å². The molecular formula is C15H20Cl2O. The van der Waals surface area contributed by atoms with Crippen LogP contribution in [0.2, 0.25) is 5.02 Å². The summed E-state index contributed by atoms with van der Waals surface area (Å²) in [5.74, 6) is 0.907. The lowest BCUT2D eigenvalue weighted by Gasteiger charge is -2.50. The summed E-state index contributed by atoms with van der Waals surface area (Å²) in [7, 11) is 0. The summed E-state index contributed by atoms with van der Waals surface area (Å²) in [5, 5.41) is 1.04. The molecule has 1 saturated carbocycles. The van der Waals surface area contributed by atoms with Gasteiger partial charge in [-0.3, -0.25) is 0 Å². The van der Waals surface area contributed by atoms with E-state index in [9.17, 15) is 0 Å². The summed E-state index contributed by atoms with van der Waals surface area (Å²) >= 11 is 12.4. The van der Waals surface area contributed by atoms with Crippen molar-refractivity contribution in [2.45, 2.75) is 51.5 Å². The van der Waals surface area contributed by atoms with Crippen molar-refractivity contribution in [1.82, 2.24) is 0 Å². The molecule has 0 aromatic heterocycles. The fraction of sp³-hybridized carbons (Fsp3) is 0.600. The van der Waals surface area contributed by atoms with E-state index in [4.69, 9.17) is 27.9 Å². The summed E-state index contributed by atoms with van der Waals surface area (Å²) < 4.78 is 6.08. The van der Waals surface area contributed by atoms with E-state index in [1.807, 2.05) is 18.2 Å². The predicted molar refractivity (Wildman–Crippen MR) is 77.9 cm³/mol. The van der Waals surface area contributed by atoms with E-state index in [0.29, 0.717) is 0 Å². The third-order valence-corrected chi connectivity index (χ3v) is 5.36. The summed E-state index contributed by atoms with van der Waals surface area (Å²) in [5.41, 5.74) is 1.22. The quantitative estimate of drug-likeness (QED) is 0.702. The number of rotatable bonds is 4. The highest BCUT2D eigenvalue weighted by Crippen LogP contribution is 2.49. The van der Waals surface area contributed by atoms with Gasteiger partial charge >= 0.3 is 0 Å². The summed E-state index contributed by atoms with van der Waals surface area (Å²) in [6.45, 7) is 6.47. The fourth-order valence-electron chi connectivity index (χ4n) is 2.46. The SMILES string of the molecule is CCc1cc(OC2CC(Cl)C2(C)CC)ccc1Cl. The van der Waals surface area contributed by atoms with Gasteiger partial charge in [0, 0.05) is 22.2 Å². The van der Waals surface area contributed by atoms with Crippen molar-refractivity contribution in [1.29, 1.82) is 0 Å². The lowest BCUT2D eigenvalue weighted by molar-refractivity contribution is -0.0295. The maximum Gasteiger partial charge on any atom is 0.120 e. The molecule has 1 nitrogen and oxygen atoms in total. The normalized spacial score (nSPS) is 30.9. The van der Waals surface area contributed by atoms with Crippen LogP contribution >= 0.6 is 23.2 Å². The van der Waals surface area contributed by atoms with Gasteiger partial charge in [-0.2, -0.15) is 0 Å². The number of hydrogen-bond donors (Lipinski definition) is 0. The molecule has 0 bridgehead atoms. The standard InChI is InChI=1S/C15H20Cl2O/c1-4-10-8-11(6-7-12(10)16)18-14-9-13(17)15(14,3)5-2/h6-8,13-14H,4-5,9H2,1-3H3. The summed E-state index contributed by atoms with van der Waals surface area (Å²) in [6, 6.07) is 5.90. The first kappa shape index (κ1) is 14.0. The maximum absolute atomic E-state index is 6.30. The zero-order valence-corrected chi connectivity index (χ0v) is 12.7. The highest BCUT2D eigenvalue weighted by Gasteiger charge is 2.51. The Morgan fingerprint density at radius 2 is 2.11 bits per heavy atom. The average molecular weight is 287 g/mol. The third-order valence-electron chi connectivity index (χ3n) is 4.31. The van der Waals surface area contributed by atoms with Crippen molar-refractivity contribution >= 4 is 23.2 Å². The van der Waals surface area contributed by atoms with Gasteiger partial charge in [-0.05, 0) is 36.6 Å². The molecule has 1 aliphatic rings. The van der Waals surface area contributed by atoms with Crippen LogP contribution < -0.4 is 4.74 Å². The van der Waals surface area contributed by atoms with E-state index < -0.39 is 0 Å². The molecule has 0 radical (unpaired) electrons. The van der Waals surface area contributed by atoms with Gasteiger partial charge in [-0.15, -0.1) is 11.6 Å². The number of aryl methyl sites for hydroxylation is 1. The molecule has 0 heterocycles. The van der Waals surface area contributed by atoms with Crippen molar-refractivity contribution in [3.05, 3.63) is 28.8 Å². The first-order valence-corrected chi connectivity index (χ1v) is 7.41. The molecule has 0 spiro atoms. The fourth-order valence-corrected chi connectivity index (χ4v) is 3.17.